The number of likely N-dealkylation sites (tertiary alicyclic amines) is 1. The Labute approximate surface area is 102 Å². The van der Waals surface area contributed by atoms with Gasteiger partial charge in [0.25, 0.3) is 5.91 Å². The zero-order chi connectivity index (χ0) is 12.4. The Morgan fingerprint density at radius 2 is 2.24 bits per heavy atom. The van der Waals surface area contributed by atoms with Gasteiger partial charge in [0.1, 0.15) is 6.04 Å². The molecule has 3 nitrogen and oxygen atoms in total. The van der Waals surface area contributed by atoms with E-state index in [0.29, 0.717) is 6.54 Å². The Morgan fingerprint density at radius 1 is 1.47 bits per heavy atom. The van der Waals surface area contributed by atoms with Crippen molar-refractivity contribution < 1.29 is 4.79 Å². The zero-order valence-corrected chi connectivity index (χ0v) is 10.2. The van der Waals surface area contributed by atoms with E-state index in [1.807, 2.05) is 32.0 Å². The average molecular weight is 228 g/mol. The molecule has 88 valence electrons. The van der Waals surface area contributed by atoms with Crippen LogP contribution in [0.5, 0.6) is 0 Å². The van der Waals surface area contributed by atoms with Crippen molar-refractivity contribution in [3.63, 3.8) is 0 Å². The van der Waals surface area contributed by atoms with Gasteiger partial charge in [-0.05, 0) is 38.3 Å². The Kier molecular flexibility index (Phi) is 3.14. The van der Waals surface area contributed by atoms with Crippen molar-refractivity contribution in [3.8, 4) is 6.07 Å². The third kappa shape index (κ3) is 2.16. The second-order valence-electron chi connectivity index (χ2n) is 4.60. The largest absolute Gasteiger partial charge is 0.323 e. The Hall–Kier alpha value is -1.82. The minimum atomic E-state index is -0.248. The van der Waals surface area contributed by atoms with Crippen LogP contribution in [0.3, 0.4) is 0 Å². The predicted molar refractivity (Wildman–Crippen MR) is 65.6 cm³/mol. The molecule has 2 rings (SSSR count). The summed E-state index contributed by atoms with van der Waals surface area (Å²) in [5, 5.41) is 9.01. The van der Waals surface area contributed by atoms with E-state index in [1.54, 1.807) is 4.90 Å². The van der Waals surface area contributed by atoms with Crippen molar-refractivity contribution >= 4 is 5.91 Å². The first-order valence-electron chi connectivity index (χ1n) is 5.91. The highest BCUT2D eigenvalue weighted by Gasteiger charge is 2.29. The second kappa shape index (κ2) is 4.58. The van der Waals surface area contributed by atoms with Gasteiger partial charge >= 0.3 is 0 Å². The lowest BCUT2D eigenvalue weighted by Crippen LogP contribution is -2.35. The standard InChI is InChI=1S/C14H16N2O/c1-10-5-6-11(2)13(8-10)14(17)16-7-3-4-12(16)9-15/h5-6,8,12H,3-4,7H2,1-2H3. The van der Waals surface area contributed by atoms with Crippen LogP contribution in [0, 0.1) is 25.2 Å². The Bertz CT molecular complexity index is 487. The van der Waals surface area contributed by atoms with Crippen LogP contribution in [0.4, 0.5) is 0 Å². The van der Waals surface area contributed by atoms with Crippen molar-refractivity contribution in [2.75, 3.05) is 6.54 Å². The summed E-state index contributed by atoms with van der Waals surface area (Å²) in [5.74, 6) is -0.00440. The van der Waals surface area contributed by atoms with Gasteiger partial charge in [-0.2, -0.15) is 5.26 Å². The molecule has 3 heteroatoms. The number of hydrogen-bond donors (Lipinski definition) is 0. The molecule has 1 atom stereocenters. The van der Waals surface area contributed by atoms with E-state index < -0.39 is 0 Å². The highest BCUT2D eigenvalue weighted by Crippen LogP contribution is 2.21. The lowest BCUT2D eigenvalue weighted by atomic mass is 10.0. The number of rotatable bonds is 1. The quantitative estimate of drug-likeness (QED) is 0.741. The molecule has 0 bridgehead atoms. The first kappa shape index (κ1) is 11.7. The summed E-state index contributed by atoms with van der Waals surface area (Å²) < 4.78 is 0. The normalized spacial score (nSPS) is 19.1. The average Bonchev–Trinajstić information content (AvgIpc) is 2.79. The Morgan fingerprint density at radius 3 is 2.94 bits per heavy atom. The maximum atomic E-state index is 12.4. The molecule has 17 heavy (non-hydrogen) atoms. The maximum absolute atomic E-state index is 12.4. The molecule has 1 amide bonds. The lowest BCUT2D eigenvalue weighted by Gasteiger charge is -2.20. The van der Waals surface area contributed by atoms with Crippen LogP contribution >= 0.6 is 0 Å². The van der Waals surface area contributed by atoms with Gasteiger partial charge in [-0.25, -0.2) is 0 Å². The van der Waals surface area contributed by atoms with Gasteiger partial charge in [0.2, 0.25) is 0 Å². The highest BCUT2D eigenvalue weighted by molar-refractivity contribution is 5.96. The number of carbonyl (C=O) groups is 1. The van der Waals surface area contributed by atoms with Crippen molar-refractivity contribution in [2.24, 2.45) is 0 Å². The number of benzene rings is 1. The fraction of sp³-hybridized carbons (Fsp3) is 0.429. The molecule has 0 aromatic heterocycles. The van der Waals surface area contributed by atoms with Crippen LogP contribution in [-0.4, -0.2) is 23.4 Å². The van der Waals surface area contributed by atoms with Crippen molar-refractivity contribution in [3.05, 3.63) is 34.9 Å². The topological polar surface area (TPSA) is 44.1 Å². The van der Waals surface area contributed by atoms with Gasteiger partial charge in [0.05, 0.1) is 6.07 Å². The van der Waals surface area contributed by atoms with Gasteiger partial charge in [-0.1, -0.05) is 17.7 Å². The van der Waals surface area contributed by atoms with E-state index in [-0.39, 0.29) is 11.9 Å². The summed E-state index contributed by atoms with van der Waals surface area (Å²) >= 11 is 0. The number of nitrogens with zero attached hydrogens (tertiary/aromatic N) is 2. The number of carbonyl (C=O) groups excluding carboxylic acids is 1. The van der Waals surface area contributed by atoms with E-state index >= 15 is 0 Å². The molecule has 1 aromatic rings. The minimum absolute atomic E-state index is 0.00440. The van der Waals surface area contributed by atoms with E-state index in [9.17, 15) is 4.79 Å². The summed E-state index contributed by atoms with van der Waals surface area (Å²) in [6, 6.07) is 7.82. The summed E-state index contributed by atoms with van der Waals surface area (Å²) in [4.78, 5) is 14.1. The van der Waals surface area contributed by atoms with Gasteiger partial charge in [-0.3, -0.25) is 4.79 Å². The van der Waals surface area contributed by atoms with Crippen LogP contribution in [0.2, 0.25) is 0 Å². The van der Waals surface area contributed by atoms with Crippen LogP contribution in [0.25, 0.3) is 0 Å². The summed E-state index contributed by atoms with van der Waals surface area (Å²) in [5.41, 5.74) is 2.78. The second-order valence-corrected chi connectivity index (χ2v) is 4.60. The molecule has 0 N–H and O–H groups in total. The number of amides is 1. The van der Waals surface area contributed by atoms with Crippen LogP contribution < -0.4 is 0 Å². The summed E-state index contributed by atoms with van der Waals surface area (Å²) in [6.07, 6.45) is 1.72. The van der Waals surface area contributed by atoms with E-state index in [4.69, 9.17) is 5.26 Å². The van der Waals surface area contributed by atoms with E-state index in [0.717, 1.165) is 29.5 Å². The van der Waals surface area contributed by atoms with Gasteiger partial charge in [0, 0.05) is 12.1 Å². The molecule has 0 aliphatic carbocycles. The predicted octanol–water partition coefficient (Wildman–Crippen LogP) is 2.43. The summed E-state index contributed by atoms with van der Waals surface area (Å²) in [6.45, 7) is 4.61. The molecular formula is C14H16N2O. The fourth-order valence-electron chi connectivity index (χ4n) is 2.26. The maximum Gasteiger partial charge on any atom is 0.255 e. The van der Waals surface area contributed by atoms with E-state index in [1.165, 1.54) is 0 Å². The highest BCUT2D eigenvalue weighted by atomic mass is 16.2. The first-order valence-corrected chi connectivity index (χ1v) is 5.91. The van der Waals surface area contributed by atoms with Gasteiger partial charge in [-0.15, -0.1) is 0 Å². The molecule has 1 saturated heterocycles. The molecular weight excluding hydrogens is 212 g/mol. The molecule has 1 aromatic carbocycles. The number of hydrogen-bond acceptors (Lipinski definition) is 2. The molecule has 1 fully saturated rings. The minimum Gasteiger partial charge on any atom is -0.323 e. The molecule has 0 saturated carbocycles. The van der Waals surface area contributed by atoms with Crippen molar-refractivity contribution in [2.45, 2.75) is 32.7 Å². The van der Waals surface area contributed by atoms with Crippen LogP contribution in [0.1, 0.15) is 34.3 Å². The van der Waals surface area contributed by atoms with Crippen molar-refractivity contribution in [1.29, 1.82) is 5.26 Å². The zero-order valence-electron chi connectivity index (χ0n) is 10.2. The van der Waals surface area contributed by atoms with Crippen LogP contribution in [0.15, 0.2) is 18.2 Å². The lowest BCUT2D eigenvalue weighted by molar-refractivity contribution is 0.0764. The molecule has 1 unspecified atom stereocenters. The van der Waals surface area contributed by atoms with Gasteiger partial charge in [0.15, 0.2) is 0 Å². The van der Waals surface area contributed by atoms with Gasteiger partial charge < -0.3 is 4.90 Å². The van der Waals surface area contributed by atoms with Crippen LogP contribution in [-0.2, 0) is 0 Å². The fourth-order valence-corrected chi connectivity index (χ4v) is 2.26. The third-order valence-electron chi connectivity index (χ3n) is 3.29. The monoisotopic (exact) mass is 228 g/mol. The molecule has 0 spiro atoms. The molecule has 1 heterocycles. The first-order chi connectivity index (χ1) is 8.13. The smallest absolute Gasteiger partial charge is 0.255 e. The van der Waals surface area contributed by atoms with Crippen molar-refractivity contribution in [1.82, 2.24) is 4.90 Å². The third-order valence-corrected chi connectivity index (χ3v) is 3.29. The Balaban J connectivity index is 2.31. The summed E-state index contributed by atoms with van der Waals surface area (Å²) in [7, 11) is 0. The molecule has 1 aliphatic heterocycles. The number of aryl methyl sites for hydroxylation is 2. The SMILES string of the molecule is Cc1ccc(C)c(C(=O)N2CCCC2C#N)c1. The van der Waals surface area contributed by atoms with E-state index in [2.05, 4.69) is 6.07 Å². The molecule has 1 aliphatic rings. The molecule has 0 radical (unpaired) electrons. The number of nitriles is 1.